The Labute approximate surface area is 78.0 Å². The third kappa shape index (κ3) is 1.99. The van der Waals surface area contributed by atoms with Crippen LogP contribution in [0, 0.1) is 0 Å². The number of oxazole rings is 1. The standard InChI is InChI=1S/C8H12N2O.ClH/c1-2-4-9-7(3-1)8-5-11-6-10-8;/h5-7,9H,1-4H2;1H/t7-;/m0./s1. The van der Waals surface area contributed by atoms with Crippen molar-refractivity contribution in [2.24, 2.45) is 0 Å². The summed E-state index contributed by atoms with van der Waals surface area (Å²) in [5.74, 6) is 0. The van der Waals surface area contributed by atoms with Crippen LogP contribution in [-0.4, -0.2) is 11.5 Å². The Morgan fingerprint density at radius 3 is 3.00 bits per heavy atom. The molecule has 0 spiro atoms. The van der Waals surface area contributed by atoms with Gasteiger partial charge in [-0.2, -0.15) is 0 Å². The highest BCUT2D eigenvalue weighted by Gasteiger charge is 2.16. The van der Waals surface area contributed by atoms with E-state index in [4.69, 9.17) is 4.42 Å². The number of hydrogen-bond donors (Lipinski definition) is 1. The third-order valence-corrected chi connectivity index (χ3v) is 2.12. The summed E-state index contributed by atoms with van der Waals surface area (Å²) in [6.07, 6.45) is 6.99. The number of aromatic nitrogens is 1. The van der Waals surface area contributed by atoms with Crippen LogP contribution in [0.4, 0.5) is 0 Å². The van der Waals surface area contributed by atoms with Gasteiger partial charge in [0.25, 0.3) is 0 Å². The maximum absolute atomic E-state index is 4.92. The highest BCUT2D eigenvalue weighted by atomic mass is 35.5. The first-order chi connectivity index (χ1) is 5.47. The van der Waals surface area contributed by atoms with Crippen molar-refractivity contribution in [1.82, 2.24) is 10.3 Å². The van der Waals surface area contributed by atoms with Gasteiger partial charge >= 0.3 is 0 Å². The van der Waals surface area contributed by atoms with Crippen LogP contribution in [0.3, 0.4) is 0 Å². The largest absolute Gasteiger partial charge is 0.451 e. The van der Waals surface area contributed by atoms with Crippen LogP contribution in [-0.2, 0) is 0 Å². The Morgan fingerprint density at radius 2 is 2.42 bits per heavy atom. The molecule has 0 amide bonds. The van der Waals surface area contributed by atoms with Crippen molar-refractivity contribution in [1.29, 1.82) is 0 Å². The number of piperidine rings is 1. The molecule has 4 heteroatoms. The molecule has 1 fully saturated rings. The van der Waals surface area contributed by atoms with E-state index in [0.29, 0.717) is 6.04 Å². The van der Waals surface area contributed by atoms with Crippen molar-refractivity contribution in [2.45, 2.75) is 25.3 Å². The maximum Gasteiger partial charge on any atom is 0.180 e. The Balaban J connectivity index is 0.000000720. The molecule has 0 aliphatic carbocycles. The Morgan fingerprint density at radius 1 is 1.50 bits per heavy atom. The molecule has 2 heterocycles. The van der Waals surface area contributed by atoms with Crippen LogP contribution in [0.1, 0.15) is 31.0 Å². The highest BCUT2D eigenvalue weighted by Crippen LogP contribution is 2.20. The van der Waals surface area contributed by atoms with E-state index >= 15 is 0 Å². The first-order valence-corrected chi connectivity index (χ1v) is 4.08. The molecule has 1 saturated heterocycles. The summed E-state index contributed by atoms with van der Waals surface area (Å²) >= 11 is 0. The van der Waals surface area contributed by atoms with Crippen LogP contribution >= 0.6 is 12.4 Å². The van der Waals surface area contributed by atoms with E-state index in [-0.39, 0.29) is 12.4 Å². The molecule has 1 atom stereocenters. The Kier molecular flexibility index (Phi) is 3.56. The molecule has 0 bridgehead atoms. The summed E-state index contributed by atoms with van der Waals surface area (Å²) in [6, 6.07) is 0.433. The predicted molar refractivity (Wildman–Crippen MR) is 48.3 cm³/mol. The molecule has 1 N–H and O–H groups in total. The molecule has 1 aromatic rings. The normalized spacial score (nSPS) is 23.2. The van der Waals surface area contributed by atoms with Gasteiger partial charge in [0.2, 0.25) is 0 Å². The monoisotopic (exact) mass is 188 g/mol. The molecule has 1 aliphatic rings. The van der Waals surface area contributed by atoms with Crippen molar-refractivity contribution in [3.8, 4) is 0 Å². The number of nitrogens with zero attached hydrogens (tertiary/aromatic N) is 1. The zero-order valence-electron chi connectivity index (χ0n) is 6.82. The van der Waals surface area contributed by atoms with E-state index in [0.717, 1.165) is 12.2 Å². The molecule has 0 unspecified atom stereocenters. The highest BCUT2D eigenvalue weighted by molar-refractivity contribution is 5.85. The molecule has 0 saturated carbocycles. The minimum absolute atomic E-state index is 0. The van der Waals surface area contributed by atoms with Crippen molar-refractivity contribution in [2.75, 3.05) is 6.54 Å². The smallest absolute Gasteiger partial charge is 0.180 e. The summed E-state index contributed by atoms with van der Waals surface area (Å²) in [6.45, 7) is 1.11. The molecule has 12 heavy (non-hydrogen) atoms. The lowest BCUT2D eigenvalue weighted by molar-refractivity contribution is 0.404. The van der Waals surface area contributed by atoms with Gasteiger partial charge in [-0.25, -0.2) is 4.98 Å². The number of halogens is 1. The van der Waals surface area contributed by atoms with Crippen LogP contribution in [0.5, 0.6) is 0 Å². The second-order valence-corrected chi connectivity index (χ2v) is 2.92. The van der Waals surface area contributed by atoms with Gasteiger partial charge in [0.15, 0.2) is 6.39 Å². The minimum atomic E-state index is 0. The van der Waals surface area contributed by atoms with Crippen LogP contribution in [0.15, 0.2) is 17.1 Å². The summed E-state index contributed by atoms with van der Waals surface area (Å²) in [5, 5.41) is 3.40. The zero-order valence-corrected chi connectivity index (χ0v) is 7.64. The quantitative estimate of drug-likeness (QED) is 0.732. The summed E-state index contributed by atoms with van der Waals surface area (Å²) in [5.41, 5.74) is 1.05. The lowest BCUT2D eigenvalue weighted by Crippen LogP contribution is -2.26. The van der Waals surface area contributed by atoms with Crippen molar-refractivity contribution >= 4 is 12.4 Å². The SMILES string of the molecule is Cl.c1nc([C@@H]2CCCCN2)co1. The van der Waals surface area contributed by atoms with Gasteiger partial charge in [0.1, 0.15) is 6.26 Å². The molecule has 1 aromatic heterocycles. The van der Waals surface area contributed by atoms with E-state index in [9.17, 15) is 0 Å². The molecule has 1 aliphatic heterocycles. The van der Waals surface area contributed by atoms with Crippen molar-refractivity contribution < 1.29 is 4.42 Å². The predicted octanol–water partition coefficient (Wildman–Crippen LogP) is 1.91. The second-order valence-electron chi connectivity index (χ2n) is 2.92. The molecular formula is C8H13ClN2O. The number of nitrogens with one attached hydrogen (secondary N) is 1. The average molecular weight is 189 g/mol. The third-order valence-electron chi connectivity index (χ3n) is 2.12. The van der Waals surface area contributed by atoms with Crippen molar-refractivity contribution in [3.05, 3.63) is 18.4 Å². The molecule has 0 radical (unpaired) electrons. The summed E-state index contributed by atoms with van der Waals surface area (Å²) in [4.78, 5) is 4.11. The van der Waals surface area contributed by atoms with Crippen LogP contribution in [0.2, 0.25) is 0 Å². The van der Waals surface area contributed by atoms with E-state index in [1.165, 1.54) is 25.7 Å². The number of rotatable bonds is 1. The van der Waals surface area contributed by atoms with Gasteiger partial charge in [-0.3, -0.25) is 0 Å². The molecular weight excluding hydrogens is 176 g/mol. The van der Waals surface area contributed by atoms with Crippen LogP contribution < -0.4 is 5.32 Å². The average Bonchev–Trinajstić information content (AvgIpc) is 2.58. The lowest BCUT2D eigenvalue weighted by atomic mass is 10.0. The number of hydrogen-bond acceptors (Lipinski definition) is 3. The van der Waals surface area contributed by atoms with E-state index in [1.54, 1.807) is 6.26 Å². The molecule has 2 rings (SSSR count). The topological polar surface area (TPSA) is 38.1 Å². The van der Waals surface area contributed by atoms with E-state index < -0.39 is 0 Å². The van der Waals surface area contributed by atoms with Gasteiger partial charge in [0.05, 0.1) is 11.7 Å². The van der Waals surface area contributed by atoms with Crippen LogP contribution in [0.25, 0.3) is 0 Å². The first kappa shape index (κ1) is 9.55. The fourth-order valence-electron chi connectivity index (χ4n) is 1.50. The summed E-state index contributed by atoms with van der Waals surface area (Å²) < 4.78 is 4.92. The van der Waals surface area contributed by atoms with E-state index in [2.05, 4.69) is 10.3 Å². The molecule has 0 aromatic carbocycles. The fourth-order valence-corrected chi connectivity index (χ4v) is 1.50. The van der Waals surface area contributed by atoms with Gasteiger partial charge < -0.3 is 9.73 Å². The zero-order chi connectivity index (χ0) is 7.52. The van der Waals surface area contributed by atoms with Gasteiger partial charge in [0, 0.05) is 0 Å². The van der Waals surface area contributed by atoms with E-state index in [1.807, 2.05) is 0 Å². The Hall–Kier alpha value is -0.540. The Bertz CT molecular complexity index is 207. The maximum atomic E-state index is 4.92. The summed E-state index contributed by atoms with van der Waals surface area (Å²) in [7, 11) is 0. The minimum Gasteiger partial charge on any atom is -0.451 e. The molecule has 68 valence electrons. The van der Waals surface area contributed by atoms with Gasteiger partial charge in [-0.05, 0) is 19.4 Å². The van der Waals surface area contributed by atoms with Crippen molar-refractivity contribution in [3.63, 3.8) is 0 Å². The van der Waals surface area contributed by atoms with Gasteiger partial charge in [-0.15, -0.1) is 12.4 Å². The fraction of sp³-hybridized carbons (Fsp3) is 0.625. The van der Waals surface area contributed by atoms with Gasteiger partial charge in [-0.1, -0.05) is 6.42 Å². The lowest BCUT2D eigenvalue weighted by Gasteiger charge is -2.20. The molecule has 3 nitrogen and oxygen atoms in total. The second kappa shape index (κ2) is 4.48. The first-order valence-electron chi connectivity index (χ1n) is 4.08.